The van der Waals surface area contributed by atoms with E-state index >= 15 is 0 Å². The Hall–Kier alpha value is -8.76. The zero-order valence-corrected chi connectivity index (χ0v) is 44.3. The molecular formula is C55H56N12O8S2. The van der Waals surface area contributed by atoms with E-state index in [0.29, 0.717) is 109 Å². The minimum absolute atomic E-state index is 0.0127. The third-order valence-electron chi connectivity index (χ3n) is 13.9. The zero-order chi connectivity index (χ0) is 53.7. The molecule has 2 saturated heterocycles. The van der Waals surface area contributed by atoms with Gasteiger partial charge in [0.25, 0.3) is 17.7 Å². The van der Waals surface area contributed by atoms with Crippen LogP contribution in [0.15, 0.2) is 110 Å². The lowest BCUT2D eigenvalue weighted by Gasteiger charge is -2.19. The number of aromatic hydroxyl groups is 2. The standard InChI is InChI=1S/C55H56N12O8S2/c1-32-37(26-43(69)34(3)50(32)60-52(72)44-27-56-54(76-44)58-46-18-22-66(62-46)38-16-20-64(29-38)48(70)24-35-10-13-40(74-4)14-11-35)25-36-12-15-42(68)33(2)51(36)61-53(73)45-28-57-55(77-45)59-47-19-23-67(63-47)39-17-21-65(30-39)49(71)31-75-41-8-6-5-7-9-41/h5-15,18-19,22-23,26-28,38-39,68-69H,16-17,20-21,24-25,29-31H2,1-4H3,(H,60,72)(H,61,73)(H,56,58,62)(H,57,59,63)/t38-,39-/m1/s1. The number of nitrogens with one attached hydrogen (secondary N) is 4. The molecule has 10 rings (SSSR count). The number of hydrogen-bond acceptors (Lipinski definition) is 16. The molecule has 20 nitrogen and oxygen atoms in total. The first-order valence-corrected chi connectivity index (χ1v) is 26.6. The summed E-state index contributed by atoms with van der Waals surface area (Å²) in [6.07, 6.45) is 8.69. The Morgan fingerprint density at radius 2 is 1.22 bits per heavy atom. The fourth-order valence-corrected chi connectivity index (χ4v) is 10.9. The fourth-order valence-electron chi connectivity index (χ4n) is 9.42. The van der Waals surface area contributed by atoms with Crippen molar-refractivity contribution in [3.63, 3.8) is 0 Å². The van der Waals surface area contributed by atoms with Crippen LogP contribution in [-0.4, -0.2) is 113 Å². The van der Waals surface area contributed by atoms with Crippen molar-refractivity contribution in [1.29, 1.82) is 0 Å². The maximum absolute atomic E-state index is 13.8. The average Bonchev–Trinajstić information content (AvgIpc) is 4.31. The maximum Gasteiger partial charge on any atom is 0.267 e. The van der Waals surface area contributed by atoms with Gasteiger partial charge in [0, 0.05) is 61.8 Å². The molecule has 0 aliphatic carbocycles. The van der Waals surface area contributed by atoms with E-state index < -0.39 is 11.8 Å². The van der Waals surface area contributed by atoms with Gasteiger partial charge < -0.3 is 50.8 Å². The summed E-state index contributed by atoms with van der Waals surface area (Å²) in [6.45, 7) is 7.51. The minimum Gasteiger partial charge on any atom is -0.508 e. The van der Waals surface area contributed by atoms with Crippen LogP contribution in [0.1, 0.15) is 77.6 Å². The van der Waals surface area contributed by atoms with Crippen LogP contribution in [-0.2, 0) is 22.4 Å². The summed E-state index contributed by atoms with van der Waals surface area (Å²) in [4.78, 5) is 66.7. The summed E-state index contributed by atoms with van der Waals surface area (Å²) in [5, 5.41) is 44.6. The Morgan fingerprint density at radius 3 is 1.82 bits per heavy atom. The predicted octanol–water partition coefficient (Wildman–Crippen LogP) is 8.79. The van der Waals surface area contributed by atoms with E-state index in [2.05, 4.69) is 36.3 Å². The van der Waals surface area contributed by atoms with Crippen molar-refractivity contribution < 1.29 is 38.9 Å². The second kappa shape index (κ2) is 22.6. The Labute approximate surface area is 451 Å². The molecule has 0 unspecified atom stereocenters. The highest BCUT2D eigenvalue weighted by Gasteiger charge is 2.30. The fraction of sp³-hybridized carbons (Fsp3) is 0.273. The van der Waals surface area contributed by atoms with Gasteiger partial charge in [0.15, 0.2) is 28.5 Å². The van der Waals surface area contributed by atoms with Gasteiger partial charge in [0.05, 0.1) is 49.4 Å². The Bertz CT molecular complexity index is 3460. The maximum atomic E-state index is 13.8. The van der Waals surface area contributed by atoms with E-state index in [0.717, 1.165) is 46.8 Å². The van der Waals surface area contributed by atoms with Crippen LogP contribution in [0, 0.1) is 20.8 Å². The summed E-state index contributed by atoms with van der Waals surface area (Å²) in [6, 6.07) is 25.3. The molecule has 6 N–H and O–H groups in total. The molecule has 0 bridgehead atoms. The molecule has 77 heavy (non-hydrogen) atoms. The van der Waals surface area contributed by atoms with Crippen molar-refractivity contribution in [1.82, 2.24) is 39.3 Å². The van der Waals surface area contributed by atoms with Crippen molar-refractivity contribution in [3.05, 3.63) is 153 Å². The number of methoxy groups -OCH3 is 1. The quantitative estimate of drug-likeness (QED) is 0.0471. The number of carbonyl (C=O) groups excluding carboxylic acids is 4. The van der Waals surface area contributed by atoms with E-state index in [1.807, 2.05) is 100 Å². The molecular weight excluding hydrogens is 1020 g/mol. The number of thiazole rings is 2. The number of anilines is 6. The number of likely N-dealkylation sites (tertiary alicyclic amines) is 2. The Kier molecular flexibility index (Phi) is 15.2. The first-order chi connectivity index (χ1) is 37.2. The highest BCUT2D eigenvalue weighted by atomic mass is 32.1. The SMILES string of the molecule is COc1ccc(CC(=O)N2CC[C@@H](n3ccc(Nc4ncc(C(=O)Nc5c(C)c(O)cc(Cc6ccc(O)c(C)c6NC(=O)c6cnc(Nc7ccn([C@@H]8CCN(C(=O)COc9ccccc9)C8)n7)s6)c5C)s4)n3)C2)cc1. The molecule has 2 atom stereocenters. The molecule has 0 saturated carbocycles. The molecule has 8 aromatic rings. The molecule has 22 heteroatoms. The number of benzene rings is 4. The predicted molar refractivity (Wildman–Crippen MR) is 293 cm³/mol. The van der Waals surface area contributed by atoms with Gasteiger partial charge in [-0.1, -0.05) is 59.1 Å². The topological polar surface area (TPSA) is 243 Å². The van der Waals surface area contributed by atoms with Crippen molar-refractivity contribution in [3.8, 4) is 23.0 Å². The second-order valence-corrected chi connectivity index (χ2v) is 20.9. The third-order valence-corrected chi connectivity index (χ3v) is 15.7. The van der Waals surface area contributed by atoms with Crippen LogP contribution >= 0.6 is 22.7 Å². The highest BCUT2D eigenvalue weighted by Crippen LogP contribution is 2.37. The van der Waals surface area contributed by atoms with Crippen LogP contribution in [0.2, 0.25) is 0 Å². The molecule has 4 amide bonds. The molecule has 2 aliphatic rings. The number of para-hydroxylation sites is 1. The lowest BCUT2D eigenvalue weighted by atomic mass is 9.94. The van der Waals surface area contributed by atoms with Crippen LogP contribution in [0.4, 0.5) is 33.3 Å². The summed E-state index contributed by atoms with van der Waals surface area (Å²) < 4.78 is 14.6. The third kappa shape index (κ3) is 11.9. The summed E-state index contributed by atoms with van der Waals surface area (Å²) >= 11 is 2.28. The number of hydrogen-bond donors (Lipinski definition) is 6. The van der Waals surface area contributed by atoms with E-state index in [9.17, 15) is 29.4 Å². The van der Waals surface area contributed by atoms with Crippen molar-refractivity contribution >= 4 is 79.6 Å². The van der Waals surface area contributed by atoms with Crippen LogP contribution in [0.25, 0.3) is 0 Å². The molecule has 0 spiro atoms. The molecule has 2 aliphatic heterocycles. The van der Waals surface area contributed by atoms with Gasteiger partial charge in [-0.05, 0) is 98.7 Å². The Balaban J connectivity index is 0.741. The second-order valence-electron chi connectivity index (χ2n) is 18.9. The van der Waals surface area contributed by atoms with E-state index in [4.69, 9.17) is 14.6 Å². The van der Waals surface area contributed by atoms with E-state index in [-0.39, 0.29) is 48.4 Å². The van der Waals surface area contributed by atoms with Crippen LogP contribution < -0.4 is 30.7 Å². The van der Waals surface area contributed by atoms with Gasteiger partial charge >= 0.3 is 0 Å². The highest BCUT2D eigenvalue weighted by molar-refractivity contribution is 7.18. The van der Waals surface area contributed by atoms with Crippen molar-refractivity contribution in [2.45, 2.75) is 58.5 Å². The number of amides is 4. The first kappa shape index (κ1) is 51.7. The zero-order valence-electron chi connectivity index (χ0n) is 42.6. The first-order valence-electron chi connectivity index (χ1n) is 24.9. The van der Waals surface area contributed by atoms with Crippen LogP contribution in [0.3, 0.4) is 0 Å². The summed E-state index contributed by atoms with van der Waals surface area (Å²) in [5.41, 5.74) is 4.71. The normalized spacial score (nSPS) is 15.1. The molecule has 4 aromatic carbocycles. The van der Waals surface area contributed by atoms with Gasteiger partial charge in [-0.15, -0.1) is 0 Å². The van der Waals surface area contributed by atoms with E-state index in [1.165, 1.54) is 12.4 Å². The van der Waals surface area contributed by atoms with Crippen molar-refractivity contribution in [2.24, 2.45) is 0 Å². The van der Waals surface area contributed by atoms with Crippen molar-refractivity contribution in [2.75, 3.05) is 61.2 Å². The molecule has 6 heterocycles. The van der Waals surface area contributed by atoms with Gasteiger partial charge in [-0.2, -0.15) is 10.2 Å². The number of phenolic OH excluding ortho intramolecular Hbond substituents is 2. The number of phenols is 2. The van der Waals surface area contributed by atoms with E-state index in [1.54, 1.807) is 44.1 Å². The molecule has 4 aromatic heterocycles. The monoisotopic (exact) mass is 1080 g/mol. The van der Waals surface area contributed by atoms with Gasteiger partial charge in [0.2, 0.25) is 5.91 Å². The van der Waals surface area contributed by atoms with Crippen LogP contribution in [0.5, 0.6) is 23.0 Å². The minimum atomic E-state index is -0.443. The number of nitrogens with zero attached hydrogens (tertiary/aromatic N) is 8. The number of ether oxygens (including phenoxy) is 2. The number of rotatable bonds is 18. The van der Waals surface area contributed by atoms with Gasteiger partial charge in [-0.25, -0.2) is 9.97 Å². The summed E-state index contributed by atoms with van der Waals surface area (Å²) in [7, 11) is 1.61. The Morgan fingerprint density at radius 1 is 0.649 bits per heavy atom. The average molecular weight is 1080 g/mol. The molecule has 2 fully saturated rings. The number of aromatic nitrogens is 6. The lowest BCUT2D eigenvalue weighted by molar-refractivity contribution is -0.132. The lowest BCUT2D eigenvalue weighted by Crippen LogP contribution is -2.33. The molecule has 0 radical (unpaired) electrons. The molecule has 396 valence electrons. The van der Waals surface area contributed by atoms with Gasteiger partial charge in [-0.3, -0.25) is 28.5 Å². The summed E-state index contributed by atoms with van der Waals surface area (Å²) in [5.74, 6) is 1.52. The smallest absolute Gasteiger partial charge is 0.267 e. The number of carbonyl (C=O) groups is 4. The van der Waals surface area contributed by atoms with Gasteiger partial charge in [0.1, 0.15) is 32.8 Å². The largest absolute Gasteiger partial charge is 0.508 e.